The molecule has 6 heteroatoms. The average Bonchev–Trinajstić information content (AvgIpc) is 2.63. The molecule has 0 saturated heterocycles. The summed E-state index contributed by atoms with van der Waals surface area (Å²) < 4.78 is 0. The molecule has 2 rings (SSSR count). The van der Waals surface area contributed by atoms with Crippen LogP contribution in [0.3, 0.4) is 0 Å². The lowest BCUT2D eigenvalue weighted by Gasteiger charge is -2.10. The Labute approximate surface area is 110 Å². The van der Waals surface area contributed by atoms with Crippen molar-refractivity contribution in [3.05, 3.63) is 42.1 Å². The van der Waals surface area contributed by atoms with Gasteiger partial charge in [-0.3, -0.25) is 4.79 Å². The number of hydrogen-bond donors (Lipinski definition) is 2. The van der Waals surface area contributed by atoms with Crippen LogP contribution in [0.1, 0.15) is 6.92 Å². The van der Waals surface area contributed by atoms with Crippen LogP contribution in [0, 0.1) is 0 Å². The lowest BCUT2D eigenvalue weighted by atomic mass is 10.2. The van der Waals surface area contributed by atoms with Gasteiger partial charge >= 0.3 is 0 Å². The van der Waals surface area contributed by atoms with Crippen LogP contribution in [-0.2, 0) is 4.79 Å². The molecular weight excluding hydrogens is 248 g/mol. The summed E-state index contributed by atoms with van der Waals surface area (Å²) in [7, 11) is 0. The van der Waals surface area contributed by atoms with Crippen molar-refractivity contribution < 1.29 is 4.79 Å². The Hall–Kier alpha value is -2.21. The van der Waals surface area contributed by atoms with Crippen LogP contribution in [0.4, 0.5) is 5.69 Å². The SMILES string of the molecule is CC1=NN(c2ccccc2)C(=O)C1=CNC(N)=S. The predicted octanol–water partition coefficient (Wildman–Crippen LogP) is 1.13. The third-order valence-corrected chi connectivity index (χ3v) is 2.54. The second-order valence-corrected chi connectivity index (χ2v) is 4.14. The minimum Gasteiger partial charge on any atom is -0.376 e. The largest absolute Gasteiger partial charge is 0.376 e. The summed E-state index contributed by atoms with van der Waals surface area (Å²) in [5, 5.41) is 8.31. The van der Waals surface area contributed by atoms with E-state index in [1.54, 1.807) is 6.92 Å². The molecule has 5 nitrogen and oxygen atoms in total. The number of thiocarbonyl (C=S) groups is 1. The van der Waals surface area contributed by atoms with Gasteiger partial charge in [0, 0.05) is 6.20 Å². The number of hydrazone groups is 1. The van der Waals surface area contributed by atoms with Crippen molar-refractivity contribution in [3.8, 4) is 0 Å². The summed E-state index contributed by atoms with van der Waals surface area (Å²) in [5.41, 5.74) is 7.11. The topological polar surface area (TPSA) is 70.7 Å². The second kappa shape index (κ2) is 4.97. The molecule has 1 aromatic carbocycles. The molecule has 0 spiro atoms. The molecule has 0 atom stereocenters. The summed E-state index contributed by atoms with van der Waals surface area (Å²) in [6.07, 6.45) is 1.48. The van der Waals surface area contributed by atoms with Crippen molar-refractivity contribution in [2.24, 2.45) is 10.8 Å². The van der Waals surface area contributed by atoms with E-state index in [2.05, 4.69) is 22.6 Å². The van der Waals surface area contributed by atoms with Gasteiger partial charge in [0.1, 0.15) is 0 Å². The number of carbonyl (C=O) groups excluding carboxylic acids is 1. The van der Waals surface area contributed by atoms with Crippen LogP contribution in [-0.4, -0.2) is 16.7 Å². The van der Waals surface area contributed by atoms with Gasteiger partial charge in [0.05, 0.1) is 17.0 Å². The smallest absolute Gasteiger partial charge is 0.282 e. The van der Waals surface area contributed by atoms with Gasteiger partial charge in [0.15, 0.2) is 5.11 Å². The zero-order valence-electron chi connectivity index (χ0n) is 9.75. The fraction of sp³-hybridized carbons (Fsp3) is 0.0833. The summed E-state index contributed by atoms with van der Waals surface area (Å²) in [6.45, 7) is 1.76. The first kappa shape index (κ1) is 12.3. The Morgan fingerprint density at radius 2 is 2.11 bits per heavy atom. The maximum Gasteiger partial charge on any atom is 0.282 e. The monoisotopic (exact) mass is 260 g/mol. The highest BCUT2D eigenvalue weighted by Crippen LogP contribution is 2.22. The number of nitrogens with zero attached hydrogens (tertiary/aromatic N) is 2. The maximum atomic E-state index is 12.1. The van der Waals surface area contributed by atoms with Gasteiger partial charge < -0.3 is 11.1 Å². The first-order valence-corrected chi connectivity index (χ1v) is 5.71. The number of para-hydroxylation sites is 1. The molecule has 0 aliphatic carbocycles. The molecule has 1 heterocycles. The Kier molecular flexibility index (Phi) is 3.38. The Bertz CT molecular complexity index is 550. The molecule has 0 saturated carbocycles. The highest BCUT2D eigenvalue weighted by atomic mass is 32.1. The van der Waals surface area contributed by atoms with Gasteiger partial charge in [-0.2, -0.15) is 10.1 Å². The number of hydrogen-bond acceptors (Lipinski definition) is 3. The van der Waals surface area contributed by atoms with Gasteiger partial charge in [-0.1, -0.05) is 18.2 Å². The first-order valence-electron chi connectivity index (χ1n) is 5.31. The molecule has 3 N–H and O–H groups in total. The minimum absolute atomic E-state index is 0.112. The Balaban J connectivity index is 2.27. The molecule has 0 unspecified atom stereocenters. The highest BCUT2D eigenvalue weighted by molar-refractivity contribution is 7.80. The summed E-state index contributed by atoms with van der Waals surface area (Å²) in [4.78, 5) is 12.1. The van der Waals surface area contributed by atoms with Crippen molar-refractivity contribution in [2.45, 2.75) is 6.92 Å². The van der Waals surface area contributed by atoms with Crippen molar-refractivity contribution in [3.63, 3.8) is 0 Å². The molecule has 1 aliphatic rings. The van der Waals surface area contributed by atoms with E-state index in [1.165, 1.54) is 11.2 Å². The Morgan fingerprint density at radius 3 is 2.72 bits per heavy atom. The molecule has 92 valence electrons. The van der Waals surface area contributed by atoms with Gasteiger partial charge in [0.25, 0.3) is 5.91 Å². The van der Waals surface area contributed by atoms with Gasteiger partial charge in [0.2, 0.25) is 0 Å². The van der Waals surface area contributed by atoms with Crippen LogP contribution in [0.25, 0.3) is 0 Å². The summed E-state index contributed by atoms with van der Waals surface area (Å²) >= 11 is 4.69. The summed E-state index contributed by atoms with van der Waals surface area (Å²) in [6, 6.07) is 9.22. The van der Waals surface area contributed by atoms with Gasteiger partial charge in [-0.25, -0.2) is 0 Å². The molecule has 0 radical (unpaired) electrons. The van der Waals surface area contributed by atoms with Crippen LogP contribution in [0.5, 0.6) is 0 Å². The zero-order valence-corrected chi connectivity index (χ0v) is 10.6. The van der Waals surface area contributed by atoms with E-state index in [-0.39, 0.29) is 11.0 Å². The van der Waals surface area contributed by atoms with Gasteiger partial charge in [-0.05, 0) is 31.3 Å². The van der Waals surface area contributed by atoms with Crippen LogP contribution < -0.4 is 16.1 Å². The molecule has 18 heavy (non-hydrogen) atoms. The number of carbonyl (C=O) groups is 1. The van der Waals surface area contributed by atoms with Crippen LogP contribution in [0.2, 0.25) is 0 Å². The third kappa shape index (κ3) is 2.38. The highest BCUT2D eigenvalue weighted by Gasteiger charge is 2.28. The summed E-state index contributed by atoms with van der Waals surface area (Å²) in [5.74, 6) is -0.206. The van der Waals surface area contributed by atoms with Crippen molar-refractivity contribution >= 4 is 34.6 Å². The van der Waals surface area contributed by atoms with E-state index in [4.69, 9.17) is 5.73 Å². The number of amides is 1. The minimum atomic E-state index is -0.206. The van der Waals surface area contributed by atoms with E-state index in [0.29, 0.717) is 11.3 Å². The molecule has 1 aliphatic heterocycles. The fourth-order valence-electron chi connectivity index (χ4n) is 1.57. The average molecular weight is 260 g/mol. The molecule has 1 aromatic rings. The van der Waals surface area contributed by atoms with E-state index < -0.39 is 0 Å². The van der Waals surface area contributed by atoms with E-state index in [0.717, 1.165) is 5.69 Å². The number of rotatable bonds is 2. The molecular formula is C12H12N4OS. The number of nitrogens with two attached hydrogens (primary N) is 1. The maximum absolute atomic E-state index is 12.1. The second-order valence-electron chi connectivity index (χ2n) is 3.70. The molecule has 0 fully saturated rings. The number of anilines is 1. The molecule has 0 bridgehead atoms. The normalized spacial score (nSPS) is 16.9. The standard InChI is InChI=1S/C12H12N4OS/c1-8-10(7-14-12(13)18)11(17)16(15-8)9-5-3-2-4-6-9/h2-7H,1H3,(H3,13,14,18). The van der Waals surface area contributed by atoms with Crippen molar-refractivity contribution in [1.82, 2.24) is 5.32 Å². The van der Waals surface area contributed by atoms with Gasteiger partial charge in [-0.15, -0.1) is 0 Å². The lowest BCUT2D eigenvalue weighted by molar-refractivity contribution is -0.114. The van der Waals surface area contributed by atoms with E-state index >= 15 is 0 Å². The molecule has 1 amide bonds. The number of benzene rings is 1. The van der Waals surface area contributed by atoms with Crippen molar-refractivity contribution in [2.75, 3.05) is 5.01 Å². The zero-order chi connectivity index (χ0) is 13.1. The quantitative estimate of drug-likeness (QED) is 0.617. The predicted molar refractivity (Wildman–Crippen MR) is 75.0 cm³/mol. The van der Waals surface area contributed by atoms with Crippen LogP contribution >= 0.6 is 12.2 Å². The van der Waals surface area contributed by atoms with Crippen LogP contribution in [0.15, 0.2) is 47.2 Å². The molecule has 0 aromatic heterocycles. The van der Waals surface area contributed by atoms with Crippen molar-refractivity contribution in [1.29, 1.82) is 0 Å². The number of nitrogens with one attached hydrogen (secondary N) is 1. The fourth-order valence-corrected chi connectivity index (χ4v) is 1.63. The lowest BCUT2D eigenvalue weighted by Crippen LogP contribution is -2.27. The van der Waals surface area contributed by atoms with E-state index in [1.807, 2.05) is 30.3 Å². The first-order chi connectivity index (χ1) is 8.59. The van der Waals surface area contributed by atoms with E-state index in [9.17, 15) is 4.79 Å². The Morgan fingerprint density at radius 1 is 1.44 bits per heavy atom. The third-order valence-electron chi connectivity index (χ3n) is 2.42.